The van der Waals surface area contributed by atoms with Crippen molar-refractivity contribution in [3.05, 3.63) is 45.1 Å². The molecule has 0 aliphatic carbocycles. The van der Waals surface area contributed by atoms with Crippen molar-refractivity contribution in [2.75, 3.05) is 0 Å². The minimum Gasteiger partial charge on any atom is -0.297 e. The van der Waals surface area contributed by atoms with Crippen molar-refractivity contribution in [2.45, 2.75) is 52.4 Å². The number of carbonyl (C=O) groups is 2. The van der Waals surface area contributed by atoms with E-state index in [0.29, 0.717) is 0 Å². The molecule has 0 N–H and O–H groups in total. The van der Waals surface area contributed by atoms with Crippen LogP contribution in [0.4, 0.5) is 0 Å². The van der Waals surface area contributed by atoms with Crippen molar-refractivity contribution in [2.24, 2.45) is 0 Å². The molecule has 3 aromatic rings. The smallest absolute Gasteiger partial charge is 0.160 e. The summed E-state index contributed by atoms with van der Waals surface area (Å²) in [4.78, 5) is 28.9. The van der Waals surface area contributed by atoms with Crippen LogP contribution in [-0.2, 0) is 12.8 Å². The van der Waals surface area contributed by atoms with Crippen LogP contribution < -0.4 is 0 Å². The molecule has 0 aliphatic rings. The summed E-state index contributed by atoms with van der Waals surface area (Å²) < 4.78 is 0. The van der Waals surface area contributed by atoms with E-state index in [2.05, 4.69) is 26.0 Å². The van der Waals surface area contributed by atoms with Crippen molar-refractivity contribution >= 4 is 46.6 Å². The van der Waals surface area contributed by atoms with E-state index in [0.717, 1.165) is 60.9 Å². The van der Waals surface area contributed by atoms with Crippen LogP contribution in [-0.4, -0.2) is 12.6 Å². The van der Waals surface area contributed by atoms with E-state index in [1.165, 1.54) is 30.6 Å². The molecule has 0 aliphatic heterocycles. The summed E-state index contributed by atoms with van der Waals surface area (Å²) in [7, 11) is 0. The fraction of sp³-hybridized carbons (Fsp3) is 0.364. The second kappa shape index (κ2) is 9.58. The van der Waals surface area contributed by atoms with Gasteiger partial charge < -0.3 is 0 Å². The Balaban J connectivity index is 2.15. The first-order chi connectivity index (χ1) is 13.2. The highest BCUT2D eigenvalue weighted by Crippen LogP contribution is 2.47. The summed E-state index contributed by atoms with van der Waals surface area (Å²) >= 11 is 4.98. The minimum atomic E-state index is 0.774. The number of unbranched alkanes of at least 4 members (excludes halogenated alkanes) is 2. The number of thiophene rings is 3. The van der Waals surface area contributed by atoms with Crippen molar-refractivity contribution < 1.29 is 9.59 Å². The fourth-order valence-electron chi connectivity index (χ4n) is 3.21. The van der Waals surface area contributed by atoms with Crippen molar-refractivity contribution in [1.82, 2.24) is 0 Å². The van der Waals surface area contributed by atoms with Crippen molar-refractivity contribution in [3.63, 3.8) is 0 Å². The number of hydrogen-bond donors (Lipinski definition) is 0. The SMILES string of the molecule is CCCCc1c(-c2ccc(C=O)s2)sc(-c2ccc(C=O)s2)c1CCCC. The second-order valence-electron chi connectivity index (χ2n) is 6.56. The molecule has 0 saturated carbocycles. The third kappa shape index (κ3) is 4.48. The van der Waals surface area contributed by atoms with Gasteiger partial charge in [-0.3, -0.25) is 9.59 Å². The van der Waals surface area contributed by atoms with Gasteiger partial charge in [-0.05, 0) is 61.1 Å². The Morgan fingerprint density at radius 2 is 1.15 bits per heavy atom. The molecule has 0 fully saturated rings. The zero-order chi connectivity index (χ0) is 19.2. The third-order valence-corrected chi connectivity index (χ3v) is 8.27. The molecule has 0 unspecified atom stereocenters. The lowest BCUT2D eigenvalue weighted by atomic mass is 9.97. The van der Waals surface area contributed by atoms with Crippen LogP contribution >= 0.6 is 34.0 Å². The maximum Gasteiger partial charge on any atom is 0.160 e. The van der Waals surface area contributed by atoms with Crippen LogP contribution in [0, 0.1) is 0 Å². The zero-order valence-electron chi connectivity index (χ0n) is 15.7. The molecule has 0 atom stereocenters. The Hall–Kier alpha value is -1.56. The maximum atomic E-state index is 11.2. The Labute approximate surface area is 172 Å². The third-order valence-electron chi connectivity index (χ3n) is 4.61. The summed E-state index contributed by atoms with van der Waals surface area (Å²) in [6.07, 6.45) is 8.66. The topological polar surface area (TPSA) is 34.1 Å². The predicted octanol–water partition coefficient (Wildman–Crippen LogP) is 7.52. The molecule has 0 radical (unpaired) electrons. The highest BCUT2D eigenvalue weighted by atomic mass is 32.1. The van der Waals surface area contributed by atoms with Gasteiger partial charge in [-0.15, -0.1) is 34.0 Å². The first-order valence-electron chi connectivity index (χ1n) is 9.47. The van der Waals surface area contributed by atoms with Gasteiger partial charge in [0.1, 0.15) is 0 Å². The quantitative estimate of drug-likeness (QED) is 0.320. The number of hydrogen-bond acceptors (Lipinski definition) is 5. The van der Waals surface area contributed by atoms with Gasteiger partial charge in [0.2, 0.25) is 0 Å². The van der Waals surface area contributed by atoms with Gasteiger partial charge >= 0.3 is 0 Å². The lowest BCUT2D eigenvalue weighted by Gasteiger charge is -2.08. The number of carbonyl (C=O) groups excluding carboxylic acids is 2. The van der Waals surface area contributed by atoms with Crippen LogP contribution in [0.2, 0.25) is 0 Å². The largest absolute Gasteiger partial charge is 0.297 e. The Kier molecular flexibility index (Phi) is 7.16. The number of rotatable bonds is 10. The lowest BCUT2D eigenvalue weighted by Crippen LogP contribution is -1.94. The van der Waals surface area contributed by atoms with Crippen molar-refractivity contribution in [1.29, 1.82) is 0 Å². The monoisotopic (exact) mass is 416 g/mol. The summed E-state index contributed by atoms with van der Waals surface area (Å²) in [6, 6.07) is 7.98. The van der Waals surface area contributed by atoms with Crippen molar-refractivity contribution in [3.8, 4) is 19.5 Å². The van der Waals surface area contributed by atoms with Crippen LogP contribution in [0.1, 0.15) is 70.0 Å². The molecule has 0 amide bonds. The maximum absolute atomic E-state index is 11.2. The summed E-state index contributed by atoms with van der Waals surface area (Å²) in [5, 5.41) is 0. The summed E-state index contributed by atoms with van der Waals surface area (Å²) in [5.41, 5.74) is 2.90. The minimum absolute atomic E-state index is 0.774. The van der Waals surface area contributed by atoms with Gasteiger partial charge in [0.05, 0.1) is 9.75 Å². The predicted molar refractivity (Wildman–Crippen MR) is 119 cm³/mol. The van der Waals surface area contributed by atoms with Gasteiger partial charge in [0.25, 0.3) is 0 Å². The van der Waals surface area contributed by atoms with Gasteiger partial charge in [0, 0.05) is 19.5 Å². The molecule has 5 heteroatoms. The Bertz CT molecular complexity index is 841. The first kappa shape index (κ1) is 20.2. The van der Waals surface area contributed by atoms with Crippen LogP contribution in [0.5, 0.6) is 0 Å². The summed E-state index contributed by atoms with van der Waals surface area (Å²) in [5.74, 6) is 0. The first-order valence-corrected chi connectivity index (χ1v) is 11.9. The standard InChI is InChI=1S/C22H24O2S3/c1-3-5-7-17-18(8-6-4-2)22(20-12-10-16(14-24)26-20)27-21(17)19-11-9-15(13-23)25-19/h9-14H,3-8H2,1-2H3. The lowest BCUT2D eigenvalue weighted by molar-refractivity contribution is 0.111. The van der Waals surface area contributed by atoms with Gasteiger partial charge in [-0.1, -0.05) is 26.7 Å². The Morgan fingerprint density at radius 3 is 1.48 bits per heavy atom. The van der Waals surface area contributed by atoms with Gasteiger partial charge in [-0.2, -0.15) is 0 Å². The van der Waals surface area contributed by atoms with Gasteiger partial charge in [0.15, 0.2) is 12.6 Å². The Morgan fingerprint density at radius 1 is 0.704 bits per heavy atom. The highest BCUT2D eigenvalue weighted by Gasteiger charge is 2.21. The molecule has 0 aromatic carbocycles. The molecule has 142 valence electrons. The number of aldehydes is 2. The van der Waals surface area contributed by atoms with Crippen LogP contribution in [0.25, 0.3) is 19.5 Å². The van der Waals surface area contributed by atoms with E-state index < -0.39 is 0 Å². The van der Waals surface area contributed by atoms with Gasteiger partial charge in [-0.25, -0.2) is 0 Å². The molecule has 3 aromatic heterocycles. The highest BCUT2D eigenvalue weighted by molar-refractivity contribution is 7.27. The molecular formula is C22H24O2S3. The molecule has 27 heavy (non-hydrogen) atoms. The molecule has 3 heterocycles. The molecule has 2 nitrogen and oxygen atoms in total. The van der Waals surface area contributed by atoms with E-state index in [1.54, 1.807) is 22.7 Å². The molecular weight excluding hydrogens is 392 g/mol. The van der Waals surface area contributed by atoms with E-state index in [1.807, 2.05) is 23.5 Å². The van der Waals surface area contributed by atoms with E-state index >= 15 is 0 Å². The molecule has 3 rings (SSSR count). The molecule has 0 saturated heterocycles. The van der Waals surface area contributed by atoms with E-state index in [4.69, 9.17) is 0 Å². The van der Waals surface area contributed by atoms with Crippen LogP contribution in [0.3, 0.4) is 0 Å². The zero-order valence-corrected chi connectivity index (χ0v) is 18.2. The molecule has 0 spiro atoms. The fourth-order valence-corrected chi connectivity index (χ4v) is 6.53. The van der Waals surface area contributed by atoms with E-state index in [-0.39, 0.29) is 0 Å². The summed E-state index contributed by atoms with van der Waals surface area (Å²) in [6.45, 7) is 4.45. The normalized spacial score (nSPS) is 11.0. The van der Waals surface area contributed by atoms with E-state index in [9.17, 15) is 9.59 Å². The average Bonchev–Trinajstić information content (AvgIpc) is 3.42. The molecule has 0 bridgehead atoms. The van der Waals surface area contributed by atoms with Crippen LogP contribution in [0.15, 0.2) is 24.3 Å². The average molecular weight is 417 g/mol. The second-order valence-corrected chi connectivity index (χ2v) is 9.82.